The third-order valence-corrected chi connectivity index (χ3v) is 3.81. The molecule has 1 saturated heterocycles. The Labute approximate surface area is 126 Å². The van der Waals surface area contributed by atoms with Crippen molar-refractivity contribution in [2.24, 2.45) is 0 Å². The molecule has 1 aromatic rings. The number of hydrogen-bond donors (Lipinski definition) is 2. The summed E-state index contributed by atoms with van der Waals surface area (Å²) in [5.41, 5.74) is 7.00. The van der Waals surface area contributed by atoms with Crippen LogP contribution in [0, 0.1) is 0 Å². The molecular formula is C16H26N2O3. The van der Waals surface area contributed by atoms with Crippen LogP contribution in [0.4, 0.5) is 5.69 Å². The SMILES string of the molecule is CCOc1ccc(N)cc1CN(C)CC1(O)CCOCC1. The summed E-state index contributed by atoms with van der Waals surface area (Å²) in [7, 11) is 2.01. The van der Waals surface area contributed by atoms with Crippen molar-refractivity contribution in [2.75, 3.05) is 39.1 Å². The van der Waals surface area contributed by atoms with Crippen LogP contribution < -0.4 is 10.5 Å². The van der Waals surface area contributed by atoms with Crippen LogP contribution in [0.2, 0.25) is 0 Å². The molecule has 1 aromatic carbocycles. The van der Waals surface area contributed by atoms with E-state index < -0.39 is 5.60 Å². The minimum absolute atomic E-state index is 0.622. The van der Waals surface area contributed by atoms with Crippen LogP contribution in [-0.2, 0) is 11.3 Å². The molecule has 0 amide bonds. The second kappa shape index (κ2) is 7.11. The normalized spacial score (nSPS) is 17.9. The third kappa shape index (κ3) is 4.59. The fraction of sp³-hybridized carbons (Fsp3) is 0.625. The first-order valence-corrected chi connectivity index (χ1v) is 7.52. The molecule has 0 aromatic heterocycles. The van der Waals surface area contributed by atoms with Crippen molar-refractivity contribution in [3.8, 4) is 5.75 Å². The van der Waals surface area contributed by atoms with Crippen molar-refractivity contribution in [1.82, 2.24) is 4.90 Å². The molecule has 1 aliphatic heterocycles. The highest BCUT2D eigenvalue weighted by atomic mass is 16.5. The highest BCUT2D eigenvalue weighted by Gasteiger charge is 2.31. The number of nitrogens with zero attached hydrogens (tertiary/aromatic N) is 1. The van der Waals surface area contributed by atoms with E-state index in [0.717, 1.165) is 17.0 Å². The van der Waals surface area contributed by atoms with Gasteiger partial charge in [0.15, 0.2) is 0 Å². The smallest absolute Gasteiger partial charge is 0.123 e. The zero-order valence-corrected chi connectivity index (χ0v) is 13.0. The molecule has 0 spiro atoms. The van der Waals surface area contributed by atoms with E-state index in [1.807, 2.05) is 32.2 Å². The van der Waals surface area contributed by atoms with E-state index in [0.29, 0.717) is 45.8 Å². The lowest BCUT2D eigenvalue weighted by atomic mass is 9.94. The molecule has 0 atom stereocenters. The monoisotopic (exact) mass is 294 g/mol. The molecule has 1 fully saturated rings. The van der Waals surface area contributed by atoms with Crippen LogP contribution >= 0.6 is 0 Å². The van der Waals surface area contributed by atoms with Crippen molar-refractivity contribution in [3.63, 3.8) is 0 Å². The van der Waals surface area contributed by atoms with Crippen molar-refractivity contribution >= 4 is 5.69 Å². The van der Waals surface area contributed by atoms with Crippen LogP contribution in [0.5, 0.6) is 5.75 Å². The summed E-state index contributed by atoms with van der Waals surface area (Å²) in [5.74, 6) is 0.859. The molecule has 1 aliphatic rings. The lowest BCUT2D eigenvalue weighted by molar-refractivity contribution is -0.0777. The molecule has 21 heavy (non-hydrogen) atoms. The maximum absolute atomic E-state index is 10.6. The molecule has 5 heteroatoms. The van der Waals surface area contributed by atoms with Gasteiger partial charge >= 0.3 is 0 Å². The summed E-state index contributed by atoms with van der Waals surface area (Å²) in [5, 5.41) is 10.6. The number of rotatable bonds is 6. The molecule has 0 unspecified atom stereocenters. The number of anilines is 1. The van der Waals surface area contributed by atoms with Crippen LogP contribution in [0.1, 0.15) is 25.3 Å². The first kappa shape index (κ1) is 16.1. The van der Waals surface area contributed by atoms with Gasteiger partial charge in [-0.25, -0.2) is 0 Å². The largest absolute Gasteiger partial charge is 0.494 e. The fourth-order valence-corrected chi connectivity index (χ4v) is 2.78. The van der Waals surface area contributed by atoms with E-state index >= 15 is 0 Å². The zero-order chi connectivity index (χ0) is 15.3. The highest BCUT2D eigenvalue weighted by molar-refractivity contribution is 5.47. The van der Waals surface area contributed by atoms with Gasteiger partial charge in [-0.05, 0) is 32.2 Å². The van der Waals surface area contributed by atoms with Crippen molar-refractivity contribution in [3.05, 3.63) is 23.8 Å². The second-order valence-corrected chi connectivity index (χ2v) is 5.81. The predicted molar refractivity (Wildman–Crippen MR) is 83.4 cm³/mol. The zero-order valence-electron chi connectivity index (χ0n) is 13.0. The average Bonchev–Trinajstić information content (AvgIpc) is 2.42. The first-order valence-electron chi connectivity index (χ1n) is 7.52. The highest BCUT2D eigenvalue weighted by Crippen LogP contribution is 2.25. The van der Waals surface area contributed by atoms with Gasteiger partial charge in [-0.3, -0.25) is 4.90 Å². The molecular weight excluding hydrogens is 268 g/mol. The minimum atomic E-state index is -0.654. The molecule has 0 aliphatic carbocycles. The van der Waals surface area contributed by atoms with E-state index in [-0.39, 0.29) is 0 Å². The maximum atomic E-state index is 10.6. The summed E-state index contributed by atoms with van der Waals surface area (Å²) in [6, 6.07) is 5.70. The van der Waals surface area contributed by atoms with Gasteiger partial charge in [0, 0.05) is 50.4 Å². The number of nitrogen functional groups attached to an aromatic ring is 1. The summed E-state index contributed by atoms with van der Waals surface area (Å²) in [4.78, 5) is 2.11. The summed E-state index contributed by atoms with van der Waals surface area (Å²) in [6.45, 7) is 5.18. The van der Waals surface area contributed by atoms with Crippen LogP contribution in [0.15, 0.2) is 18.2 Å². The van der Waals surface area contributed by atoms with E-state index in [4.69, 9.17) is 15.2 Å². The Morgan fingerprint density at radius 1 is 1.38 bits per heavy atom. The number of ether oxygens (including phenoxy) is 2. The second-order valence-electron chi connectivity index (χ2n) is 5.81. The topological polar surface area (TPSA) is 68.0 Å². The van der Waals surface area contributed by atoms with Gasteiger partial charge in [0.05, 0.1) is 12.2 Å². The summed E-state index contributed by atoms with van der Waals surface area (Å²) in [6.07, 6.45) is 1.37. The minimum Gasteiger partial charge on any atom is -0.494 e. The number of hydrogen-bond acceptors (Lipinski definition) is 5. The Kier molecular flexibility index (Phi) is 5.45. The molecule has 0 radical (unpaired) electrons. The molecule has 3 N–H and O–H groups in total. The maximum Gasteiger partial charge on any atom is 0.123 e. The number of benzene rings is 1. The van der Waals surface area contributed by atoms with Crippen molar-refractivity contribution in [1.29, 1.82) is 0 Å². The third-order valence-electron chi connectivity index (χ3n) is 3.81. The lowest BCUT2D eigenvalue weighted by Crippen LogP contribution is -2.45. The van der Waals surface area contributed by atoms with E-state index in [9.17, 15) is 5.11 Å². The Morgan fingerprint density at radius 3 is 2.76 bits per heavy atom. The molecule has 5 nitrogen and oxygen atoms in total. The molecule has 118 valence electrons. The van der Waals surface area contributed by atoms with E-state index in [2.05, 4.69) is 4.90 Å². The van der Waals surface area contributed by atoms with Crippen LogP contribution in [-0.4, -0.2) is 49.0 Å². The quantitative estimate of drug-likeness (QED) is 0.781. The van der Waals surface area contributed by atoms with Gasteiger partial charge in [0.2, 0.25) is 0 Å². The van der Waals surface area contributed by atoms with Gasteiger partial charge < -0.3 is 20.3 Å². The summed E-state index contributed by atoms with van der Waals surface area (Å²) >= 11 is 0. The average molecular weight is 294 g/mol. The van der Waals surface area contributed by atoms with Crippen LogP contribution in [0.25, 0.3) is 0 Å². The Balaban J connectivity index is 2.01. The van der Waals surface area contributed by atoms with E-state index in [1.165, 1.54) is 0 Å². The number of likely N-dealkylation sites (N-methyl/N-ethyl adjacent to an activating group) is 1. The van der Waals surface area contributed by atoms with Gasteiger partial charge in [-0.2, -0.15) is 0 Å². The van der Waals surface area contributed by atoms with Gasteiger partial charge in [-0.15, -0.1) is 0 Å². The molecule has 2 rings (SSSR count). The summed E-state index contributed by atoms with van der Waals surface area (Å²) < 4.78 is 11.0. The van der Waals surface area contributed by atoms with Crippen molar-refractivity contribution < 1.29 is 14.6 Å². The molecule has 0 saturated carbocycles. The molecule has 0 bridgehead atoms. The first-order chi connectivity index (χ1) is 10.0. The lowest BCUT2D eigenvalue weighted by Gasteiger charge is -2.35. The fourth-order valence-electron chi connectivity index (χ4n) is 2.78. The van der Waals surface area contributed by atoms with Gasteiger partial charge in [0.25, 0.3) is 0 Å². The van der Waals surface area contributed by atoms with Gasteiger partial charge in [-0.1, -0.05) is 0 Å². The standard InChI is InChI=1S/C16H26N2O3/c1-3-21-15-5-4-14(17)10-13(15)11-18(2)12-16(19)6-8-20-9-7-16/h4-5,10,19H,3,6-9,11-12,17H2,1-2H3. The predicted octanol–water partition coefficient (Wildman–Crippen LogP) is 1.64. The Bertz CT molecular complexity index is 459. The number of aliphatic hydroxyl groups is 1. The Hall–Kier alpha value is -1.30. The molecule has 1 heterocycles. The number of nitrogens with two attached hydrogens (primary N) is 1. The van der Waals surface area contributed by atoms with Gasteiger partial charge in [0.1, 0.15) is 5.75 Å². The Morgan fingerprint density at radius 2 is 2.10 bits per heavy atom. The van der Waals surface area contributed by atoms with E-state index in [1.54, 1.807) is 0 Å². The van der Waals surface area contributed by atoms with Crippen LogP contribution in [0.3, 0.4) is 0 Å². The van der Waals surface area contributed by atoms with Crippen molar-refractivity contribution in [2.45, 2.75) is 31.9 Å².